The molecule has 3 heteroatoms. The Bertz CT molecular complexity index is 503. The van der Waals surface area contributed by atoms with Gasteiger partial charge < -0.3 is 5.32 Å². The van der Waals surface area contributed by atoms with Gasteiger partial charge in [0, 0.05) is 12.7 Å². The first kappa shape index (κ1) is 12.3. The SMILES string of the molecule is CCNCc1ncc(-c2ccc(C)c(C)c2)s1. The quantitative estimate of drug-likeness (QED) is 0.892. The van der Waals surface area contributed by atoms with Gasteiger partial charge in [0.1, 0.15) is 5.01 Å². The third-order valence-electron chi connectivity index (χ3n) is 2.87. The molecular weight excluding hydrogens is 228 g/mol. The Labute approximate surface area is 107 Å². The molecule has 2 aromatic rings. The molecule has 1 heterocycles. The number of aromatic nitrogens is 1. The molecule has 0 bridgehead atoms. The Balaban J connectivity index is 2.21. The average molecular weight is 246 g/mol. The van der Waals surface area contributed by atoms with Crippen molar-refractivity contribution in [1.29, 1.82) is 0 Å². The van der Waals surface area contributed by atoms with Gasteiger partial charge >= 0.3 is 0 Å². The lowest BCUT2D eigenvalue weighted by molar-refractivity contribution is 0.722. The van der Waals surface area contributed by atoms with Crippen molar-refractivity contribution < 1.29 is 0 Å². The summed E-state index contributed by atoms with van der Waals surface area (Å²) in [5.41, 5.74) is 3.95. The number of rotatable bonds is 4. The van der Waals surface area contributed by atoms with Gasteiger partial charge in [-0.15, -0.1) is 11.3 Å². The summed E-state index contributed by atoms with van der Waals surface area (Å²) in [6.07, 6.45) is 1.97. The van der Waals surface area contributed by atoms with Crippen molar-refractivity contribution in [1.82, 2.24) is 10.3 Å². The van der Waals surface area contributed by atoms with Gasteiger partial charge in [0.15, 0.2) is 0 Å². The van der Waals surface area contributed by atoms with E-state index in [-0.39, 0.29) is 0 Å². The first-order chi connectivity index (χ1) is 8.20. The molecule has 2 rings (SSSR count). The molecule has 1 aromatic heterocycles. The van der Waals surface area contributed by atoms with Crippen molar-refractivity contribution in [2.24, 2.45) is 0 Å². The molecule has 0 spiro atoms. The summed E-state index contributed by atoms with van der Waals surface area (Å²) in [6.45, 7) is 8.25. The number of nitrogens with zero attached hydrogens (tertiary/aromatic N) is 1. The minimum atomic E-state index is 0.867. The van der Waals surface area contributed by atoms with E-state index in [4.69, 9.17) is 0 Å². The number of thiazole rings is 1. The second kappa shape index (κ2) is 5.43. The molecule has 0 aliphatic heterocycles. The van der Waals surface area contributed by atoms with E-state index in [1.807, 2.05) is 6.20 Å². The Morgan fingerprint density at radius 1 is 1.24 bits per heavy atom. The van der Waals surface area contributed by atoms with Gasteiger partial charge in [0.05, 0.1) is 4.88 Å². The highest BCUT2D eigenvalue weighted by atomic mass is 32.1. The summed E-state index contributed by atoms with van der Waals surface area (Å²) in [7, 11) is 0. The molecule has 1 N–H and O–H groups in total. The second-order valence-corrected chi connectivity index (χ2v) is 5.31. The Kier molecular flexibility index (Phi) is 3.92. The molecule has 2 nitrogen and oxygen atoms in total. The van der Waals surface area contributed by atoms with E-state index in [0.717, 1.165) is 18.1 Å². The standard InChI is InChI=1S/C14H18N2S/c1-4-15-9-14-16-8-13(17-14)12-6-5-10(2)11(3)7-12/h5-8,15H,4,9H2,1-3H3. The van der Waals surface area contributed by atoms with Crippen LogP contribution < -0.4 is 5.32 Å². The molecule has 0 saturated carbocycles. The van der Waals surface area contributed by atoms with Crippen LogP contribution in [0.1, 0.15) is 23.1 Å². The maximum absolute atomic E-state index is 4.44. The van der Waals surface area contributed by atoms with Gasteiger partial charge in [-0.3, -0.25) is 0 Å². The number of hydrogen-bond acceptors (Lipinski definition) is 3. The van der Waals surface area contributed by atoms with Gasteiger partial charge in [-0.25, -0.2) is 4.98 Å². The van der Waals surface area contributed by atoms with E-state index >= 15 is 0 Å². The van der Waals surface area contributed by atoms with Crippen LogP contribution in [0.5, 0.6) is 0 Å². The maximum atomic E-state index is 4.44. The highest BCUT2D eigenvalue weighted by molar-refractivity contribution is 7.15. The fourth-order valence-corrected chi connectivity index (χ4v) is 2.54. The van der Waals surface area contributed by atoms with E-state index in [1.54, 1.807) is 11.3 Å². The number of hydrogen-bond donors (Lipinski definition) is 1. The van der Waals surface area contributed by atoms with Gasteiger partial charge in [0.2, 0.25) is 0 Å². The lowest BCUT2D eigenvalue weighted by Crippen LogP contribution is -2.11. The fourth-order valence-electron chi connectivity index (χ4n) is 1.65. The zero-order valence-electron chi connectivity index (χ0n) is 10.6. The van der Waals surface area contributed by atoms with Crippen molar-refractivity contribution in [3.63, 3.8) is 0 Å². The topological polar surface area (TPSA) is 24.9 Å². The van der Waals surface area contributed by atoms with Gasteiger partial charge in [-0.05, 0) is 37.1 Å². The Hall–Kier alpha value is -1.19. The fraction of sp³-hybridized carbons (Fsp3) is 0.357. The summed E-state index contributed by atoms with van der Waals surface area (Å²) in [6, 6.07) is 6.58. The highest BCUT2D eigenvalue weighted by Gasteiger charge is 2.05. The largest absolute Gasteiger partial charge is 0.311 e. The predicted molar refractivity (Wildman–Crippen MR) is 74.4 cm³/mol. The average Bonchev–Trinajstić information content (AvgIpc) is 2.79. The van der Waals surface area contributed by atoms with Crippen molar-refractivity contribution >= 4 is 11.3 Å². The van der Waals surface area contributed by atoms with Crippen LogP contribution >= 0.6 is 11.3 Å². The molecular formula is C14H18N2S. The zero-order valence-corrected chi connectivity index (χ0v) is 11.4. The molecule has 0 atom stereocenters. The van der Waals surface area contributed by atoms with Crippen LogP contribution in [0.25, 0.3) is 10.4 Å². The van der Waals surface area contributed by atoms with Crippen LogP contribution in [0, 0.1) is 13.8 Å². The lowest BCUT2D eigenvalue weighted by atomic mass is 10.1. The smallest absolute Gasteiger partial charge is 0.107 e. The second-order valence-electron chi connectivity index (χ2n) is 4.20. The van der Waals surface area contributed by atoms with Crippen LogP contribution in [0.4, 0.5) is 0 Å². The molecule has 1 aromatic carbocycles. The molecule has 0 aliphatic carbocycles. The van der Waals surface area contributed by atoms with Crippen LogP contribution in [-0.4, -0.2) is 11.5 Å². The third kappa shape index (κ3) is 2.93. The van der Waals surface area contributed by atoms with E-state index in [0.29, 0.717) is 0 Å². The number of aryl methyl sites for hydroxylation is 2. The molecule has 0 saturated heterocycles. The molecule has 0 radical (unpaired) electrons. The summed E-state index contributed by atoms with van der Waals surface area (Å²) in [5, 5.41) is 4.45. The van der Waals surface area contributed by atoms with Gasteiger partial charge in [-0.2, -0.15) is 0 Å². The van der Waals surface area contributed by atoms with E-state index in [9.17, 15) is 0 Å². The molecule has 17 heavy (non-hydrogen) atoms. The molecule has 0 amide bonds. The highest BCUT2D eigenvalue weighted by Crippen LogP contribution is 2.27. The first-order valence-electron chi connectivity index (χ1n) is 5.93. The van der Waals surface area contributed by atoms with E-state index < -0.39 is 0 Å². The lowest BCUT2D eigenvalue weighted by Gasteiger charge is -2.02. The molecule has 0 fully saturated rings. The number of benzene rings is 1. The van der Waals surface area contributed by atoms with Crippen molar-refractivity contribution in [3.8, 4) is 10.4 Å². The summed E-state index contributed by atoms with van der Waals surface area (Å²) < 4.78 is 0. The van der Waals surface area contributed by atoms with Gasteiger partial charge in [-0.1, -0.05) is 25.1 Å². The third-order valence-corrected chi connectivity index (χ3v) is 3.92. The van der Waals surface area contributed by atoms with E-state index in [2.05, 4.69) is 49.3 Å². The van der Waals surface area contributed by atoms with Crippen LogP contribution in [-0.2, 0) is 6.54 Å². The molecule has 0 aliphatic rings. The summed E-state index contributed by atoms with van der Waals surface area (Å²) in [5.74, 6) is 0. The molecule has 0 unspecified atom stereocenters. The normalized spacial score (nSPS) is 10.8. The molecule has 90 valence electrons. The summed E-state index contributed by atoms with van der Waals surface area (Å²) in [4.78, 5) is 5.69. The predicted octanol–water partition coefficient (Wildman–Crippen LogP) is 3.54. The van der Waals surface area contributed by atoms with Crippen LogP contribution in [0.2, 0.25) is 0 Å². The van der Waals surface area contributed by atoms with Crippen molar-refractivity contribution in [3.05, 3.63) is 40.5 Å². The maximum Gasteiger partial charge on any atom is 0.107 e. The number of nitrogens with one attached hydrogen (secondary N) is 1. The monoisotopic (exact) mass is 246 g/mol. The van der Waals surface area contributed by atoms with Gasteiger partial charge in [0.25, 0.3) is 0 Å². The first-order valence-corrected chi connectivity index (χ1v) is 6.75. The summed E-state index contributed by atoms with van der Waals surface area (Å²) >= 11 is 1.77. The van der Waals surface area contributed by atoms with Crippen LogP contribution in [0.3, 0.4) is 0 Å². The van der Waals surface area contributed by atoms with Crippen molar-refractivity contribution in [2.45, 2.75) is 27.3 Å². The van der Waals surface area contributed by atoms with Crippen molar-refractivity contribution in [2.75, 3.05) is 6.54 Å². The van der Waals surface area contributed by atoms with E-state index in [1.165, 1.54) is 21.6 Å². The minimum absolute atomic E-state index is 0.867. The minimum Gasteiger partial charge on any atom is -0.311 e. The Morgan fingerprint density at radius 2 is 2.06 bits per heavy atom. The van der Waals surface area contributed by atoms with Crippen LogP contribution in [0.15, 0.2) is 24.4 Å². The Morgan fingerprint density at radius 3 is 2.76 bits per heavy atom. The zero-order chi connectivity index (χ0) is 12.3.